The molecule has 146 valence electrons. The first kappa shape index (κ1) is 19.5. The highest BCUT2D eigenvalue weighted by molar-refractivity contribution is 5.94. The molecule has 0 bridgehead atoms. The number of hydrogen-bond acceptors (Lipinski definition) is 5. The first-order valence-corrected chi connectivity index (χ1v) is 8.60. The molecule has 1 amide bonds. The van der Waals surface area contributed by atoms with E-state index in [-0.39, 0.29) is 23.7 Å². The first-order chi connectivity index (χ1) is 13.4. The Morgan fingerprint density at radius 2 is 2.11 bits per heavy atom. The summed E-state index contributed by atoms with van der Waals surface area (Å²) in [6.07, 6.45) is 1.42. The smallest absolute Gasteiger partial charge is 0.354 e. The maximum Gasteiger partial charge on any atom is 0.354 e. The lowest BCUT2D eigenvalue weighted by Crippen LogP contribution is -2.27. The van der Waals surface area contributed by atoms with Crippen molar-refractivity contribution < 1.29 is 28.2 Å². The molecule has 0 saturated carbocycles. The van der Waals surface area contributed by atoms with Crippen LogP contribution >= 0.6 is 0 Å². The highest BCUT2D eigenvalue weighted by Crippen LogP contribution is 2.32. The van der Waals surface area contributed by atoms with Gasteiger partial charge in [-0.3, -0.25) is 4.79 Å². The number of halogens is 1. The number of amides is 1. The molecule has 0 fully saturated rings. The van der Waals surface area contributed by atoms with Gasteiger partial charge < -0.3 is 19.6 Å². The summed E-state index contributed by atoms with van der Waals surface area (Å²) in [5.74, 6) is -2.73. The number of carboxylic acids is 1. The van der Waals surface area contributed by atoms with Gasteiger partial charge in [0, 0.05) is 31.2 Å². The number of nitrogens with zero attached hydrogens (tertiary/aromatic N) is 1. The molecule has 0 spiro atoms. The van der Waals surface area contributed by atoms with Gasteiger partial charge in [-0.2, -0.15) is 0 Å². The van der Waals surface area contributed by atoms with Crippen molar-refractivity contribution in [1.82, 2.24) is 10.3 Å². The molecule has 1 atom stereocenters. The number of ether oxygens (including phenoxy) is 1. The van der Waals surface area contributed by atoms with Gasteiger partial charge in [-0.15, -0.1) is 0 Å². The van der Waals surface area contributed by atoms with Crippen molar-refractivity contribution >= 4 is 23.0 Å². The van der Waals surface area contributed by atoms with Crippen LogP contribution in [0.1, 0.15) is 44.8 Å². The molecule has 28 heavy (non-hydrogen) atoms. The number of methoxy groups -OCH3 is 1. The maximum absolute atomic E-state index is 14.5. The average Bonchev–Trinajstić information content (AvgIpc) is 3.15. The van der Waals surface area contributed by atoms with Crippen LogP contribution in [-0.4, -0.2) is 42.2 Å². The van der Waals surface area contributed by atoms with E-state index in [4.69, 9.17) is 9.15 Å². The molecule has 0 radical (unpaired) electrons. The van der Waals surface area contributed by atoms with Gasteiger partial charge in [0.25, 0.3) is 5.91 Å². The third-order valence-electron chi connectivity index (χ3n) is 4.45. The predicted molar refractivity (Wildman–Crippen MR) is 99.1 cm³/mol. The molecule has 3 rings (SSSR count). The van der Waals surface area contributed by atoms with Crippen molar-refractivity contribution in [3.05, 3.63) is 64.8 Å². The molecule has 1 aromatic carbocycles. The quantitative estimate of drug-likeness (QED) is 0.605. The lowest BCUT2D eigenvalue weighted by Gasteiger charge is -2.15. The summed E-state index contributed by atoms with van der Waals surface area (Å²) in [6.45, 7) is 2.41. The zero-order valence-corrected chi connectivity index (χ0v) is 15.4. The minimum atomic E-state index is -1.16. The van der Waals surface area contributed by atoms with Crippen LogP contribution < -0.4 is 5.32 Å². The SMILES string of the molecule is COCCNC(=O)c1ccc(C(C)c2cc(C(=O)O)nc3ccoc23)cc1F. The van der Waals surface area contributed by atoms with Crippen molar-refractivity contribution in [2.24, 2.45) is 0 Å². The Morgan fingerprint density at radius 1 is 1.32 bits per heavy atom. The summed E-state index contributed by atoms with van der Waals surface area (Å²) in [5, 5.41) is 11.9. The van der Waals surface area contributed by atoms with Crippen LogP contribution in [-0.2, 0) is 4.74 Å². The zero-order chi connectivity index (χ0) is 20.3. The second-order valence-corrected chi connectivity index (χ2v) is 6.25. The molecular formula is C20H19FN2O5. The fraction of sp³-hybridized carbons (Fsp3) is 0.250. The molecule has 3 aromatic rings. The van der Waals surface area contributed by atoms with E-state index in [0.717, 1.165) is 0 Å². The Hall–Kier alpha value is -3.26. The molecule has 2 N–H and O–H groups in total. The number of benzene rings is 1. The normalized spacial score (nSPS) is 12.1. The maximum atomic E-state index is 14.5. The van der Waals surface area contributed by atoms with E-state index in [0.29, 0.717) is 28.8 Å². The summed E-state index contributed by atoms with van der Waals surface area (Å²) in [5.41, 5.74) is 1.81. The molecule has 0 aliphatic heterocycles. The molecule has 2 heterocycles. The lowest BCUT2D eigenvalue weighted by atomic mass is 9.91. The van der Waals surface area contributed by atoms with Gasteiger partial charge in [0.2, 0.25) is 0 Å². The van der Waals surface area contributed by atoms with Crippen LogP contribution in [0.5, 0.6) is 0 Å². The summed E-state index contributed by atoms with van der Waals surface area (Å²) < 4.78 is 24.8. The standard InChI is InChI=1S/C20H19FN2O5/c1-11(14-10-17(20(25)26)23-16-5-7-28-18(14)16)12-3-4-13(15(21)9-12)19(24)22-6-8-27-2/h3-5,7,9-11H,6,8H2,1-2H3,(H,22,24)(H,25,26). The second-order valence-electron chi connectivity index (χ2n) is 6.25. The fourth-order valence-corrected chi connectivity index (χ4v) is 2.94. The highest BCUT2D eigenvalue weighted by Gasteiger charge is 2.21. The van der Waals surface area contributed by atoms with E-state index in [2.05, 4.69) is 10.3 Å². The highest BCUT2D eigenvalue weighted by atomic mass is 19.1. The minimum Gasteiger partial charge on any atom is -0.477 e. The largest absolute Gasteiger partial charge is 0.477 e. The van der Waals surface area contributed by atoms with E-state index in [1.807, 2.05) is 0 Å². The number of aromatic nitrogens is 1. The number of aromatic carboxylic acids is 1. The number of nitrogens with one attached hydrogen (secondary N) is 1. The third-order valence-corrected chi connectivity index (χ3v) is 4.45. The summed E-state index contributed by atoms with van der Waals surface area (Å²) >= 11 is 0. The van der Waals surface area contributed by atoms with Gasteiger partial charge in [0.1, 0.15) is 17.0 Å². The molecule has 1 unspecified atom stereocenters. The van der Waals surface area contributed by atoms with Gasteiger partial charge in [-0.1, -0.05) is 13.0 Å². The Kier molecular flexibility index (Phi) is 5.70. The molecule has 0 aliphatic rings. The topological polar surface area (TPSA) is 102 Å². The van der Waals surface area contributed by atoms with E-state index in [9.17, 15) is 19.1 Å². The molecular weight excluding hydrogens is 367 g/mol. The number of furan rings is 1. The Balaban J connectivity index is 1.93. The van der Waals surface area contributed by atoms with Crippen molar-refractivity contribution in [2.45, 2.75) is 12.8 Å². The number of carbonyl (C=O) groups is 2. The summed E-state index contributed by atoms with van der Waals surface area (Å²) in [4.78, 5) is 27.4. The van der Waals surface area contributed by atoms with Crippen LogP contribution in [0, 0.1) is 5.82 Å². The first-order valence-electron chi connectivity index (χ1n) is 8.60. The second kappa shape index (κ2) is 8.18. The molecule has 0 saturated heterocycles. The van der Waals surface area contributed by atoms with Crippen LogP contribution in [0.4, 0.5) is 4.39 Å². The van der Waals surface area contributed by atoms with Gasteiger partial charge in [0.15, 0.2) is 5.58 Å². The van der Waals surface area contributed by atoms with Crippen LogP contribution in [0.2, 0.25) is 0 Å². The molecule has 8 heteroatoms. The van der Waals surface area contributed by atoms with Gasteiger partial charge >= 0.3 is 5.97 Å². The number of pyridine rings is 1. The van der Waals surface area contributed by atoms with E-state index >= 15 is 0 Å². The number of rotatable bonds is 7. The van der Waals surface area contributed by atoms with Crippen LogP contribution in [0.3, 0.4) is 0 Å². The van der Waals surface area contributed by atoms with Gasteiger partial charge in [0.05, 0.1) is 18.4 Å². The number of carboxylic acid groups (broad SMARTS) is 1. The Labute approximate surface area is 160 Å². The monoisotopic (exact) mass is 386 g/mol. The van der Waals surface area contributed by atoms with E-state index in [1.54, 1.807) is 19.1 Å². The van der Waals surface area contributed by atoms with E-state index in [1.165, 1.54) is 31.6 Å². The molecule has 7 nitrogen and oxygen atoms in total. The predicted octanol–water partition coefficient (Wildman–Crippen LogP) is 3.19. The number of carbonyl (C=O) groups excluding carboxylic acids is 1. The van der Waals surface area contributed by atoms with Crippen molar-refractivity contribution in [3.63, 3.8) is 0 Å². The Morgan fingerprint density at radius 3 is 2.79 bits per heavy atom. The lowest BCUT2D eigenvalue weighted by molar-refractivity contribution is 0.0690. The van der Waals surface area contributed by atoms with Gasteiger partial charge in [-0.05, 0) is 23.8 Å². The summed E-state index contributed by atoms with van der Waals surface area (Å²) in [7, 11) is 1.51. The Bertz CT molecular complexity index is 1030. The third kappa shape index (κ3) is 3.86. The van der Waals surface area contributed by atoms with Crippen molar-refractivity contribution in [1.29, 1.82) is 0 Å². The van der Waals surface area contributed by atoms with Crippen LogP contribution in [0.25, 0.3) is 11.1 Å². The zero-order valence-electron chi connectivity index (χ0n) is 15.4. The summed E-state index contributed by atoms with van der Waals surface area (Å²) in [6, 6.07) is 7.30. The average molecular weight is 386 g/mol. The fourth-order valence-electron chi connectivity index (χ4n) is 2.94. The van der Waals surface area contributed by atoms with Crippen LogP contribution in [0.15, 0.2) is 41.0 Å². The molecule has 2 aromatic heterocycles. The van der Waals surface area contributed by atoms with Crippen molar-refractivity contribution in [3.8, 4) is 0 Å². The molecule has 0 aliphatic carbocycles. The van der Waals surface area contributed by atoms with E-state index < -0.39 is 17.7 Å². The number of hydrogen-bond donors (Lipinski definition) is 2. The minimum absolute atomic E-state index is 0.0730. The van der Waals surface area contributed by atoms with Crippen molar-refractivity contribution in [2.75, 3.05) is 20.3 Å². The number of fused-ring (bicyclic) bond motifs is 1. The van der Waals surface area contributed by atoms with Gasteiger partial charge in [-0.25, -0.2) is 14.2 Å².